The van der Waals surface area contributed by atoms with E-state index >= 15 is 0 Å². The fourth-order valence-corrected chi connectivity index (χ4v) is 2.43. The molecular weight excluding hydrogens is 821 g/mol. The van der Waals surface area contributed by atoms with Gasteiger partial charge >= 0.3 is 0 Å². The average Bonchev–Trinajstić information content (AvgIpc) is 3.55. The van der Waals surface area contributed by atoms with Crippen molar-refractivity contribution in [1.82, 2.24) is 19.6 Å². The topological polar surface area (TPSA) is 72.9 Å². The van der Waals surface area contributed by atoms with Crippen LogP contribution in [-0.4, -0.2) is 30.5 Å². The number of hydrogen-bond donors (Lipinski definition) is 1. The van der Waals surface area contributed by atoms with E-state index < -0.39 is 5.41 Å². The number of aliphatic hydroxyl groups excluding tert-OH is 1. The number of benzene rings is 2. The van der Waals surface area contributed by atoms with Crippen LogP contribution in [0.2, 0.25) is 0 Å². The zero-order chi connectivity index (χ0) is 25.9. The summed E-state index contributed by atoms with van der Waals surface area (Å²) < 4.78 is 3.56. The Bertz CT molecular complexity index is 1090. The number of ketones is 1. The predicted octanol–water partition coefficient (Wildman–Crippen LogP) is 6.43. The molecule has 0 aliphatic rings. The van der Waals surface area contributed by atoms with Gasteiger partial charge in [-0.05, 0) is 23.5 Å². The maximum atomic E-state index is 11.5. The van der Waals surface area contributed by atoms with Crippen LogP contribution >= 0.6 is 0 Å². The van der Waals surface area contributed by atoms with E-state index in [1.165, 1.54) is 6.08 Å². The fourth-order valence-electron chi connectivity index (χ4n) is 2.43. The number of allylic oxidation sites excluding steroid dienone is 2. The van der Waals surface area contributed by atoms with Crippen LogP contribution in [0.15, 0.2) is 97.3 Å². The summed E-state index contributed by atoms with van der Waals surface area (Å²) in [6.07, 6.45) is 8.62. The summed E-state index contributed by atoms with van der Waals surface area (Å²) in [4.78, 5) is 11.5. The quantitative estimate of drug-likeness (QED) is 0.147. The normalized spacial score (nSPS) is 10.9. The summed E-state index contributed by atoms with van der Waals surface area (Å²) in [5.41, 5.74) is 1.18. The second-order valence-electron chi connectivity index (χ2n) is 9.79. The van der Waals surface area contributed by atoms with Crippen molar-refractivity contribution in [3.63, 3.8) is 0 Å². The average molecular weight is 855 g/mol. The number of aromatic nitrogens is 4. The van der Waals surface area contributed by atoms with Crippen molar-refractivity contribution in [3.05, 3.63) is 109 Å². The molecule has 2 aromatic carbocycles. The van der Waals surface area contributed by atoms with Gasteiger partial charge in [0.25, 0.3) is 0 Å². The van der Waals surface area contributed by atoms with Crippen LogP contribution < -0.4 is 0 Å². The molecule has 2 radical (unpaired) electrons. The summed E-state index contributed by atoms with van der Waals surface area (Å²) in [5.74, 6) is 0.104. The van der Waals surface area contributed by atoms with Crippen molar-refractivity contribution < 1.29 is 50.1 Å². The Balaban J connectivity index is 0.000000512. The molecule has 2 heterocycles. The van der Waals surface area contributed by atoms with Gasteiger partial charge in [-0.3, -0.25) is 14.2 Å². The van der Waals surface area contributed by atoms with Gasteiger partial charge < -0.3 is 5.11 Å². The van der Waals surface area contributed by atoms with Crippen molar-refractivity contribution in [2.45, 2.75) is 41.5 Å². The molecule has 1 N–H and O–H groups in total. The molecule has 6 nitrogen and oxygen atoms in total. The Hall–Kier alpha value is -2.63. The first kappa shape index (κ1) is 34.4. The smallest absolute Gasteiger partial charge is 0.164 e. The van der Waals surface area contributed by atoms with Gasteiger partial charge in [0.2, 0.25) is 0 Å². The summed E-state index contributed by atoms with van der Waals surface area (Å²) in [7, 11) is 0. The summed E-state index contributed by atoms with van der Waals surface area (Å²) in [6.45, 7) is 11.1. The van der Waals surface area contributed by atoms with Crippen LogP contribution in [0.1, 0.15) is 41.5 Å². The Kier molecular flexibility index (Phi) is 15.1. The second-order valence-corrected chi connectivity index (χ2v) is 9.79. The number of nitrogens with zero attached hydrogens (tertiary/aromatic N) is 4. The molecule has 2 aromatic heterocycles. The van der Waals surface area contributed by atoms with Crippen LogP contribution in [0.3, 0.4) is 0 Å². The van der Waals surface area contributed by atoms with Crippen LogP contribution in [0.5, 0.6) is 0 Å². The molecule has 4 rings (SSSR count). The molecule has 8 heteroatoms. The van der Waals surface area contributed by atoms with Gasteiger partial charge in [-0.2, -0.15) is 58.7 Å². The number of rotatable bonds is 3. The first-order chi connectivity index (χ1) is 16.5. The molecule has 0 amide bonds. The Labute approximate surface area is 247 Å². The van der Waals surface area contributed by atoms with E-state index in [4.69, 9.17) is 0 Å². The van der Waals surface area contributed by atoms with E-state index in [1.54, 1.807) is 21.8 Å². The zero-order valence-corrected chi connectivity index (χ0v) is 26.8. The van der Waals surface area contributed by atoms with Crippen molar-refractivity contribution in [2.24, 2.45) is 10.8 Å². The van der Waals surface area contributed by atoms with Gasteiger partial charge in [0.15, 0.2) is 5.78 Å². The van der Waals surface area contributed by atoms with Gasteiger partial charge in [-0.15, -0.1) is 12.1 Å². The molecule has 0 unspecified atom stereocenters. The molecule has 0 spiro atoms. The summed E-state index contributed by atoms with van der Waals surface area (Å²) >= 11 is 0. The van der Waals surface area contributed by atoms with Crippen molar-refractivity contribution in [2.75, 3.05) is 0 Å². The van der Waals surface area contributed by atoms with Gasteiger partial charge in [-0.25, -0.2) is 0 Å². The van der Waals surface area contributed by atoms with Gasteiger partial charge in [0.05, 0.1) is 0 Å². The molecule has 0 fully saturated rings. The second kappa shape index (κ2) is 16.3. The molecule has 0 saturated carbocycles. The van der Waals surface area contributed by atoms with E-state index in [1.807, 2.05) is 115 Å². The van der Waals surface area contributed by atoms with Crippen LogP contribution in [-0.2, 0) is 45.0 Å². The maximum Gasteiger partial charge on any atom is 0.164 e. The fraction of sp³-hybridized carbons (Fsp3) is 0.276. The standard InChI is InChI=1S/C11H20O2.2C9H7N2.2Ir/c1-10(2,3)8(12)7-9(13)11(4,5)6;2*1-2-5-9(6-3-1)11-8-4-7-10-11;;/h7,12H,1-6H3;2*1-5,7-8H;;/q;2*-1;;. The van der Waals surface area contributed by atoms with E-state index in [2.05, 4.69) is 22.3 Å². The van der Waals surface area contributed by atoms with E-state index in [9.17, 15) is 9.90 Å². The third-order valence-electron chi connectivity index (χ3n) is 4.66. The molecule has 4 aromatic rings. The SMILES string of the molecule is CC(C)(C)C(=O)C=C(O)C(C)(C)C.[Ir].[Ir].[c-]1ccccc1-n1cccn1.[c-]1ccccc1-n1cccn1. The van der Waals surface area contributed by atoms with E-state index in [0.29, 0.717) is 0 Å². The maximum absolute atomic E-state index is 11.5. The minimum atomic E-state index is -0.417. The molecule has 0 bridgehead atoms. The van der Waals surface area contributed by atoms with Crippen molar-refractivity contribution in [3.8, 4) is 11.4 Å². The molecule has 0 aliphatic heterocycles. The first-order valence-electron chi connectivity index (χ1n) is 11.4. The van der Waals surface area contributed by atoms with Crippen molar-refractivity contribution >= 4 is 5.78 Å². The van der Waals surface area contributed by atoms with Gasteiger partial charge in [-0.1, -0.05) is 41.5 Å². The van der Waals surface area contributed by atoms with E-state index in [0.717, 1.165) is 11.4 Å². The van der Waals surface area contributed by atoms with Gasteiger partial charge in [0, 0.05) is 81.9 Å². The monoisotopic (exact) mass is 856 g/mol. The molecular formula is C29H34Ir2N4O2-2. The molecule has 0 aliphatic carbocycles. The zero-order valence-electron chi connectivity index (χ0n) is 22.0. The largest absolute Gasteiger partial charge is 0.512 e. The third-order valence-corrected chi connectivity index (χ3v) is 4.66. The number of carbonyl (C=O) groups is 1. The van der Waals surface area contributed by atoms with Crippen LogP contribution in [0, 0.1) is 23.0 Å². The minimum absolute atomic E-state index is 0. The third kappa shape index (κ3) is 12.4. The Morgan fingerprint density at radius 1 is 0.757 bits per heavy atom. The van der Waals surface area contributed by atoms with Gasteiger partial charge in [0.1, 0.15) is 5.76 Å². The summed E-state index contributed by atoms with van der Waals surface area (Å²) in [6, 6.07) is 25.4. The van der Waals surface area contributed by atoms with E-state index in [-0.39, 0.29) is 57.2 Å². The van der Waals surface area contributed by atoms with Crippen LogP contribution in [0.4, 0.5) is 0 Å². The Morgan fingerprint density at radius 2 is 1.19 bits per heavy atom. The van der Waals surface area contributed by atoms with Crippen LogP contribution in [0.25, 0.3) is 11.4 Å². The number of carbonyl (C=O) groups excluding carboxylic acids is 1. The molecule has 37 heavy (non-hydrogen) atoms. The Morgan fingerprint density at radius 3 is 1.46 bits per heavy atom. The molecule has 202 valence electrons. The number of para-hydroxylation sites is 2. The number of aliphatic hydroxyl groups is 1. The predicted molar refractivity (Wildman–Crippen MR) is 139 cm³/mol. The molecule has 0 atom stereocenters. The number of hydrogen-bond acceptors (Lipinski definition) is 4. The summed E-state index contributed by atoms with van der Waals surface area (Å²) in [5, 5.41) is 17.7. The minimum Gasteiger partial charge on any atom is -0.512 e. The molecule has 0 saturated heterocycles. The van der Waals surface area contributed by atoms with Crippen molar-refractivity contribution in [1.29, 1.82) is 0 Å². The first-order valence-corrected chi connectivity index (χ1v) is 11.4.